The van der Waals surface area contributed by atoms with E-state index in [0.29, 0.717) is 44.3 Å². The van der Waals surface area contributed by atoms with Gasteiger partial charge in [-0.1, -0.05) is 60.7 Å². The zero-order valence-corrected chi connectivity index (χ0v) is 19.5. The van der Waals surface area contributed by atoms with Gasteiger partial charge in [-0.3, -0.25) is 4.79 Å². The number of carbonyl (C=O) groups excluding carboxylic acids is 1. The second-order valence-corrected chi connectivity index (χ2v) is 9.19. The van der Waals surface area contributed by atoms with Crippen molar-refractivity contribution in [2.45, 2.75) is 25.7 Å². The first kappa shape index (κ1) is 21.9. The molecule has 2 saturated heterocycles. The molecule has 2 aliphatic heterocycles. The van der Waals surface area contributed by atoms with Gasteiger partial charge in [0, 0.05) is 24.6 Å². The number of amides is 1. The van der Waals surface area contributed by atoms with Crippen LogP contribution in [0.1, 0.15) is 28.8 Å². The quantitative estimate of drug-likeness (QED) is 0.435. The van der Waals surface area contributed by atoms with Crippen molar-refractivity contribution < 1.29 is 14.3 Å². The maximum atomic E-state index is 13.8. The Morgan fingerprint density at radius 2 is 1.63 bits per heavy atom. The summed E-state index contributed by atoms with van der Waals surface area (Å²) < 4.78 is 13.3. The second kappa shape index (κ2) is 9.60. The van der Waals surface area contributed by atoms with E-state index in [-0.39, 0.29) is 12.2 Å². The first-order valence-corrected chi connectivity index (χ1v) is 12.2. The summed E-state index contributed by atoms with van der Waals surface area (Å²) in [6, 6.07) is 22.1. The number of aromatic nitrogens is 3. The topological polar surface area (TPSA) is 69.5 Å². The fourth-order valence-corrected chi connectivity index (χ4v) is 5.05. The van der Waals surface area contributed by atoms with Crippen molar-refractivity contribution in [3.05, 3.63) is 84.1 Å². The van der Waals surface area contributed by atoms with Gasteiger partial charge < -0.3 is 14.4 Å². The van der Waals surface area contributed by atoms with Crippen LogP contribution in [0.3, 0.4) is 0 Å². The summed E-state index contributed by atoms with van der Waals surface area (Å²) in [5.41, 5.74) is 4.26. The normalized spacial score (nSPS) is 17.3. The molecule has 0 bridgehead atoms. The lowest BCUT2D eigenvalue weighted by molar-refractivity contribution is -0.0956. The standard InChI is InChI=1S/C28H28N4O3/c33-27(31-13-11-22(12-14-31)28-34-15-16-35-28)23-17-25(21-9-5-2-6-10-21)30-26-24(23)18-29-32(26)19-20-7-3-1-4-8-20/h1-10,17-18,22,28H,11-16,19H2. The van der Waals surface area contributed by atoms with Crippen LogP contribution in [-0.4, -0.2) is 58.2 Å². The largest absolute Gasteiger partial charge is 0.350 e. The Morgan fingerprint density at radius 3 is 2.34 bits per heavy atom. The number of pyridine rings is 1. The van der Waals surface area contributed by atoms with Gasteiger partial charge in [-0.25, -0.2) is 9.67 Å². The molecule has 4 heterocycles. The third-order valence-corrected chi connectivity index (χ3v) is 6.94. The molecule has 0 saturated carbocycles. The highest BCUT2D eigenvalue weighted by atomic mass is 16.7. The Hall–Kier alpha value is -3.55. The summed E-state index contributed by atoms with van der Waals surface area (Å²) in [6.45, 7) is 3.29. The van der Waals surface area contributed by atoms with Crippen LogP contribution in [0, 0.1) is 5.92 Å². The van der Waals surface area contributed by atoms with E-state index in [0.717, 1.165) is 40.7 Å². The van der Waals surface area contributed by atoms with Crippen molar-refractivity contribution in [2.24, 2.45) is 5.92 Å². The predicted octanol–water partition coefficient (Wildman–Crippen LogP) is 4.37. The SMILES string of the molecule is O=C(c1cc(-c2ccccc2)nc2c1cnn2Cc1ccccc1)N1CCC(C2OCCO2)CC1. The third-order valence-electron chi connectivity index (χ3n) is 6.94. The average molecular weight is 469 g/mol. The van der Waals surface area contributed by atoms with Crippen LogP contribution in [0.4, 0.5) is 0 Å². The Morgan fingerprint density at radius 1 is 0.943 bits per heavy atom. The van der Waals surface area contributed by atoms with E-state index in [2.05, 4.69) is 17.2 Å². The van der Waals surface area contributed by atoms with Gasteiger partial charge in [-0.15, -0.1) is 0 Å². The van der Waals surface area contributed by atoms with E-state index >= 15 is 0 Å². The lowest BCUT2D eigenvalue weighted by Crippen LogP contribution is -2.41. The maximum absolute atomic E-state index is 13.8. The molecule has 7 heteroatoms. The van der Waals surface area contributed by atoms with Crippen molar-refractivity contribution >= 4 is 16.9 Å². The lowest BCUT2D eigenvalue weighted by Gasteiger charge is -2.34. The highest BCUT2D eigenvalue weighted by Gasteiger charge is 2.32. The molecule has 2 aromatic carbocycles. The third kappa shape index (κ3) is 4.45. The van der Waals surface area contributed by atoms with Gasteiger partial charge in [0.15, 0.2) is 11.9 Å². The molecule has 0 unspecified atom stereocenters. The molecule has 2 aliphatic rings. The molecule has 4 aromatic rings. The van der Waals surface area contributed by atoms with Crippen LogP contribution in [0.25, 0.3) is 22.3 Å². The van der Waals surface area contributed by atoms with Crippen LogP contribution in [-0.2, 0) is 16.0 Å². The number of hydrogen-bond donors (Lipinski definition) is 0. The molecule has 2 fully saturated rings. The van der Waals surface area contributed by atoms with Gasteiger partial charge in [-0.2, -0.15) is 5.10 Å². The van der Waals surface area contributed by atoms with Gasteiger partial charge in [-0.05, 0) is 24.5 Å². The molecule has 7 nitrogen and oxygen atoms in total. The molecule has 0 spiro atoms. The van der Waals surface area contributed by atoms with Gasteiger partial charge in [0.1, 0.15) is 0 Å². The maximum Gasteiger partial charge on any atom is 0.254 e. The fourth-order valence-electron chi connectivity index (χ4n) is 5.05. The van der Waals surface area contributed by atoms with E-state index in [1.54, 1.807) is 6.20 Å². The molecule has 178 valence electrons. The summed E-state index contributed by atoms with van der Waals surface area (Å²) in [4.78, 5) is 20.7. The minimum absolute atomic E-state index is 0.0283. The molecule has 0 radical (unpaired) electrons. The smallest absolute Gasteiger partial charge is 0.254 e. The van der Waals surface area contributed by atoms with E-state index < -0.39 is 0 Å². The fraction of sp³-hybridized carbons (Fsp3) is 0.321. The number of fused-ring (bicyclic) bond motifs is 1. The molecular weight excluding hydrogens is 440 g/mol. The molecule has 0 aliphatic carbocycles. The summed E-state index contributed by atoms with van der Waals surface area (Å²) in [5, 5.41) is 5.42. The average Bonchev–Trinajstić information content (AvgIpc) is 3.60. The van der Waals surface area contributed by atoms with Crippen LogP contribution in [0.15, 0.2) is 72.9 Å². The Bertz CT molecular complexity index is 1310. The van der Waals surface area contributed by atoms with E-state index in [4.69, 9.17) is 14.5 Å². The molecule has 0 atom stereocenters. The minimum atomic E-state index is -0.124. The molecule has 1 amide bonds. The molecule has 0 N–H and O–H groups in total. The number of nitrogens with zero attached hydrogens (tertiary/aromatic N) is 4. The van der Waals surface area contributed by atoms with Crippen molar-refractivity contribution in [3.63, 3.8) is 0 Å². The highest BCUT2D eigenvalue weighted by molar-refractivity contribution is 6.06. The molecule has 6 rings (SSSR count). The number of benzene rings is 2. The number of carbonyl (C=O) groups is 1. The summed E-state index contributed by atoms with van der Waals surface area (Å²) in [7, 11) is 0. The highest BCUT2D eigenvalue weighted by Crippen LogP contribution is 2.30. The number of likely N-dealkylation sites (tertiary alicyclic amines) is 1. The second-order valence-electron chi connectivity index (χ2n) is 9.19. The van der Waals surface area contributed by atoms with Gasteiger partial charge in [0.05, 0.1) is 42.6 Å². The summed E-state index contributed by atoms with van der Waals surface area (Å²) in [6.07, 6.45) is 3.41. The van der Waals surface area contributed by atoms with Crippen LogP contribution in [0.2, 0.25) is 0 Å². The lowest BCUT2D eigenvalue weighted by atomic mass is 9.95. The summed E-state index contributed by atoms with van der Waals surface area (Å²) in [5.74, 6) is 0.369. The first-order chi connectivity index (χ1) is 17.3. The molecular formula is C28H28N4O3. The molecule has 2 aromatic heterocycles. The van der Waals surface area contributed by atoms with Crippen LogP contribution in [0.5, 0.6) is 0 Å². The van der Waals surface area contributed by atoms with Gasteiger partial charge >= 0.3 is 0 Å². The van der Waals surface area contributed by atoms with Crippen molar-refractivity contribution in [1.29, 1.82) is 0 Å². The van der Waals surface area contributed by atoms with Gasteiger partial charge in [0.25, 0.3) is 5.91 Å². The zero-order chi connectivity index (χ0) is 23.6. The van der Waals surface area contributed by atoms with Crippen LogP contribution >= 0.6 is 0 Å². The predicted molar refractivity (Wildman–Crippen MR) is 133 cm³/mol. The Balaban J connectivity index is 1.34. The van der Waals surface area contributed by atoms with Crippen LogP contribution < -0.4 is 0 Å². The van der Waals surface area contributed by atoms with Crippen molar-refractivity contribution in [2.75, 3.05) is 26.3 Å². The van der Waals surface area contributed by atoms with E-state index in [9.17, 15) is 4.79 Å². The summed E-state index contributed by atoms with van der Waals surface area (Å²) >= 11 is 0. The van der Waals surface area contributed by atoms with Crippen molar-refractivity contribution in [3.8, 4) is 11.3 Å². The first-order valence-electron chi connectivity index (χ1n) is 12.2. The monoisotopic (exact) mass is 468 g/mol. The number of hydrogen-bond acceptors (Lipinski definition) is 5. The van der Waals surface area contributed by atoms with E-state index in [1.807, 2.05) is 64.2 Å². The molecule has 35 heavy (non-hydrogen) atoms. The van der Waals surface area contributed by atoms with E-state index in [1.165, 1.54) is 0 Å². The number of piperidine rings is 1. The van der Waals surface area contributed by atoms with Gasteiger partial charge in [0.2, 0.25) is 0 Å². The Kier molecular flexibility index (Phi) is 6.02. The Labute approximate surface area is 204 Å². The minimum Gasteiger partial charge on any atom is -0.350 e. The van der Waals surface area contributed by atoms with Crippen molar-refractivity contribution in [1.82, 2.24) is 19.7 Å². The number of rotatable bonds is 5. The number of ether oxygens (including phenoxy) is 2. The zero-order valence-electron chi connectivity index (χ0n) is 19.5.